The van der Waals surface area contributed by atoms with E-state index in [1.807, 2.05) is 0 Å². The van der Waals surface area contributed by atoms with Crippen LogP contribution in [-0.2, 0) is 37.1 Å². The van der Waals surface area contributed by atoms with Crippen LogP contribution in [0.3, 0.4) is 0 Å². The zero-order chi connectivity index (χ0) is 7.21. The third kappa shape index (κ3) is 340. The van der Waals surface area contributed by atoms with Gasteiger partial charge in [0.15, 0.2) is 0 Å². The second-order valence-corrected chi connectivity index (χ2v) is 7.26. The van der Waals surface area contributed by atoms with Crippen molar-refractivity contribution in [2.24, 2.45) is 0 Å². The van der Waals surface area contributed by atoms with Gasteiger partial charge in [-0.05, 0) is 0 Å². The molecule has 2 nitrogen and oxygen atoms in total. The van der Waals surface area contributed by atoms with E-state index >= 15 is 0 Å². The van der Waals surface area contributed by atoms with Gasteiger partial charge in [0.2, 0.25) is 0 Å². The van der Waals surface area contributed by atoms with Crippen LogP contribution in [0.25, 0.3) is 0 Å². The normalized spacial score (nSPS) is 9.11. The Balaban J connectivity index is -0.0000000800. The maximum absolute atomic E-state index is 8.45. The molecule has 0 aromatic heterocycles. The third-order valence-corrected chi connectivity index (χ3v) is 0. The standard InChI is InChI=1S/C4H9.ClH.Co.H2O.O.Zn/c1-4(2)3;;;;;/h1-3H3;1H;;1H2;;/q;;+1;;;/p-1. The van der Waals surface area contributed by atoms with E-state index in [1.54, 1.807) is 0 Å². The fourth-order valence-corrected chi connectivity index (χ4v) is 0. The Morgan fingerprint density at radius 3 is 1.44 bits per heavy atom. The van der Waals surface area contributed by atoms with E-state index in [9.17, 15) is 0 Å². The summed E-state index contributed by atoms with van der Waals surface area (Å²) in [5.41, 5.74) is 0. The summed E-state index contributed by atoms with van der Waals surface area (Å²) in [5, 5.41) is 0. The Kier molecular flexibility index (Phi) is 17.0. The molecule has 0 unspecified atom stereocenters. The van der Waals surface area contributed by atoms with Crippen molar-refractivity contribution in [3.8, 4) is 0 Å². The Morgan fingerprint density at radius 2 is 1.44 bits per heavy atom. The van der Waals surface area contributed by atoms with Gasteiger partial charge in [-0.2, -0.15) is 0 Å². The molecule has 0 aliphatic rings. The maximum atomic E-state index is 8.45. The van der Waals surface area contributed by atoms with Crippen molar-refractivity contribution >= 4 is 12.4 Å². The number of hydrogen-bond acceptors (Lipinski definition) is 1. The van der Waals surface area contributed by atoms with Crippen LogP contribution in [0.4, 0.5) is 0 Å². The summed E-state index contributed by atoms with van der Waals surface area (Å²) >= 11 is 0.583. The molecule has 0 aromatic rings. The number of rotatable bonds is 0. The van der Waals surface area contributed by atoms with Gasteiger partial charge in [0.25, 0.3) is 0 Å². The molecule has 57 valence electrons. The molecule has 0 aliphatic carbocycles. The Bertz CT molecular complexity index is 58.1. The van der Waals surface area contributed by atoms with Crippen LogP contribution >= 0.6 is 12.4 Å². The first kappa shape index (κ1) is 16.6. The van der Waals surface area contributed by atoms with Crippen LogP contribution in [0.1, 0.15) is 20.8 Å². The predicted molar refractivity (Wildman–Crippen MR) is 29.9 cm³/mol. The Hall–Kier alpha value is 1.18. The summed E-state index contributed by atoms with van der Waals surface area (Å²) in [5.74, 6) is 0. The summed E-state index contributed by atoms with van der Waals surface area (Å²) < 4.78 is 16.1. The van der Waals surface area contributed by atoms with Crippen LogP contribution in [0, 0.1) is 0 Å². The minimum atomic E-state index is -0.812. The zero-order valence-electron chi connectivity index (χ0n) is 5.80. The molecule has 5 heteroatoms. The topological polar surface area (TPSA) is 37.3 Å². The van der Waals surface area contributed by atoms with E-state index in [4.69, 9.17) is 8.08 Å². The molecule has 0 saturated carbocycles. The van der Waals surface area contributed by atoms with Crippen molar-refractivity contribution in [2.45, 2.75) is 24.8 Å². The average molecular weight is 251 g/mol. The molecule has 0 bridgehead atoms. The van der Waals surface area contributed by atoms with Gasteiger partial charge in [-0.3, -0.25) is 0 Å². The summed E-state index contributed by atoms with van der Waals surface area (Å²) in [4.78, 5) is 0. The monoisotopic (exact) mass is 249 g/mol. The van der Waals surface area contributed by atoms with E-state index in [0.717, 1.165) is 0 Å². The molecule has 0 heterocycles. The van der Waals surface area contributed by atoms with Crippen molar-refractivity contribution in [1.82, 2.24) is 0 Å². The van der Waals surface area contributed by atoms with Gasteiger partial charge in [0.1, 0.15) is 0 Å². The van der Waals surface area contributed by atoms with Gasteiger partial charge in [0, 0.05) is 0 Å². The van der Waals surface area contributed by atoms with E-state index < -0.39 is 15.0 Å². The Morgan fingerprint density at radius 1 is 1.44 bits per heavy atom. The van der Waals surface area contributed by atoms with E-state index in [1.165, 1.54) is 18.3 Å². The van der Waals surface area contributed by atoms with Gasteiger partial charge < -0.3 is 0 Å². The summed E-state index contributed by atoms with van der Waals surface area (Å²) in [6, 6.07) is 0. The third-order valence-electron chi connectivity index (χ3n) is 0. The van der Waals surface area contributed by atoms with Crippen molar-refractivity contribution in [1.29, 1.82) is 0 Å². The van der Waals surface area contributed by atoms with Gasteiger partial charge in [-0.1, -0.05) is 0 Å². The van der Waals surface area contributed by atoms with Gasteiger partial charge in [0.05, 0.1) is 0 Å². The summed E-state index contributed by atoms with van der Waals surface area (Å²) in [6.07, 6.45) is 0. The second-order valence-electron chi connectivity index (χ2n) is 2.62. The number of halogens is 1. The van der Waals surface area contributed by atoms with E-state index in [2.05, 4.69) is 20.8 Å². The average Bonchev–Trinajstić information content (AvgIpc) is 1.27. The van der Waals surface area contributed by atoms with Crippen molar-refractivity contribution in [3.05, 3.63) is 0 Å². The van der Waals surface area contributed by atoms with E-state index in [0.29, 0.717) is 4.01 Å². The molecule has 0 aromatic carbocycles. The molecule has 0 aliphatic heterocycles. The summed E-state index contributed by atoms with van der Waals surface area (Å²) in [6.45, 7) is 6.73. The second kappa shape index (κ2) is 9.18. The first-order valence-corrected chi connectivity index (χ1v) is 4.51. The molecule has 0 rings (SSSR count). The fourth-order valence-electron chi connectivity index (χ4n) is 0. The van der Waals surface area contributed by atoms with Gasteiger partial charge in [-0.15, -0.1) is 12.4 Å². The fraction of sp³-hybridized carbons (Fsp3) is 1.00. The minimum absolute atomic E-state index is 0. The SMILES string of the molecule is C[C](C)(C)[Zn].Cl.[O]=[Co][OH]. The molecule has 0 atom stereocenters. The van der Waals surface area contributed by atoms with Crippen LogP contribution in [0.5, 0.6) is 0 Å². The first-order chi connectivity index (χ1) is 3.41. The van der Waals surface area contributed by atoms with Crippen LogP contribution in [0.15, 0.2) is 0 Å². The van der Waals surface area contributed by atoms with Crippen molar-refractivity contribution < 1.29 is 41.3 Å². The number of hydrogen-bond donors (Lipinski definition) is 1. The molecular weight excluding hydrogens is 240 g/mol. The molecule has 0 radical (unpaired) electrons. The predicted octanol–water partition coefficient (Wildman–Crippen LogP) is 1.50. The van der Waals surface area contributed by atoms with Crippen LogP contribution in [0.2, 0.25) is 4.01 Å². The van der Waals surface area contributed by atoms with Gasteiger partial charge >= 0.3 is 66.1 Å². The molecule has 0 fully saturated rings. The quantitative estimate of drug-likeness (QED) is 0.662. The van der Waals surface area contributed by atoms with Crippen molar-refractivity contribution in [2.75, 3.05) is 0 Å². The van der Waals surface area contributed by atoms with E-state index in [-0.39, 0.29) is 12.4 Å². The van der Waals surface area contributed by atoms with Gasteiger partial charge in [-0.25, -0.2) is 0 Å². The molecular formula is C4H11ClCoO2Zn. The molecule has 9 heavy (non-hydrogen) atoms. The van der Waals surface area contributed by atoms with Crippen LogP contribution in [-0.4, -0.2) is 4.22 Å². The molecule has 0 amide bonds. The molecule has 0 spiro atoms. The zero-order valence-corrected chi connectivity index (χ0v) is 10.6. The first-order valence-electron chi connectivity index (χ1n) is 2.14. The molecule has 1 N–H and O–H groups in total. The molecule has 0 saturated heterocycles. The summed E-state index contributed by atoms with van der Waals surface area (Å²) in [7, 11) is 0. The Labute approximate surface area is 78.4 Å². The van der Waals surface area contributed by atoms with Crippen LogP contribution < -0.4 is 0 Å². The van der Waals surface area contributed by atoms with Crippen molar-refractivity contribution in [3.63, 3.8) is 0 Å².